The third kappa shape index (κ3) is 3.12. The number of aliphatic carboxylic acids is 1. The second kappa shape index (κ2) is 5.92. The highest BCUT2D eigenvalue weighted by molar-refractivity contribution is 7.17. The van der Waals surface area contributed by atoms with Gasteiger partial charge in [0, 0.05) is 26.2 Å². The molecule has 0 bridgehead atoms. The van der Waals surface area contributed by atoms with Crippen LogP contribution in [0.25, 0.3) is 10.2 Å². The van der Waals surface area contributed by atoms with E-state index in [0.717, 1.165) is 16.0 Å². The highest BCUT2D eigenvalue weighted by Gasteiger charge is 2.24. The Hall–Kier alpha value is -1.77. The van der Waals surface area contributed by atoms with Crippen molar-refractivity contribution >= 4 is 33.3 Å². The summed E-state index contributed by atoms with van der Waals surface area (Å²) >= 11 is 1.57. The summed E-state index contributed by atoms with van der Waals surface area (Å²) in [6.07, 6.45) is 0.924. The summed E-state index contributed by atoms with van der Waals surface area (Å²) in [5.74, 6) is -0.0652. The van der Waals surface area contributed by atoms with Gasteiger partial charge in [-0.1, -0.05) is 0 Å². The number of fused-ring (bicyclic) bond motifs is 1. The van der Waals surface area contributed by atoms with E-state index in [2.05, 4.69) is 9.97 Å². The second-order valence-electron chi connectivity index (χ2n) is 5.06. The van der Waals surface area contributed by atoms with Crippen molar-refractivity contribution in [1.82, 2.24) is 14.9 Å². The lowest BCUT2D eigenvalue weighted by atomic mass is 10.3. The SMILES string of the molecule is O=C(O)CN1CCN(c2ncnc3ccsc23)C[C@@H](O)C1. The molecule has 1 saturated heterocycles. The maximum absolute atomic E-state index is 10.8. The van der Waals surface area contributed by atoms with Crippen LogP contribution in [0.1, 0.15) is 0 Å². The lowest BCUT2D eigenvalue weighted by molar-refractivity contribution is -0.138. The first-order chi connectivity index (χ1) is 10.1. The predicted molar refractivity (Wildman–Crippen MR) is 79.7 cm³/mol. The van der Waals surface area contributed by atoms with Gasteiger partial charge in [-0.05, 0) is 11.4 Å². The smallest absolute Gasteiger partial charge is 0.317 e. The fourth-order valence-corrected chi connectivity index (χ4v) is 3.45. The first kappa shape index (κ1) is 14.2. The zero-order valence-corrected chi connectivity index (χ0v) is 12.2. The number of aliphatic hydroxyl groups is 1. The first-order valence-corrected chi connectivity index (χ1v) is 7.57. The fraction of sp³-hybridized carbons (Fsp3) is 0.462. The fourth-order valence-electron chi connectivity index (χ4n) is 2.58. The molecule has 0 unspecified atom stereocenters. The molecular weight excluding hydrogens is 292 g/mol. The Morgan fingerprint density at radius 1 is 1.38 bits per heavy atom. The molecule has 2 aromatic heterocycles. The van der Waals surface area contributed by atoms with E-state index < -0.39 is 12.1 Å². The van der Waals surface area contributed by atoms with Crippen molar-refractivity contribution in [3.8, 4) is 0 Å². The Kier molecular flexibility index (Phi) is 4.00. The van der Waals surface area contributed by atoms with Crippen LogP contribution in [0, 0.1) is 0 Å². The molecule has 1 aliphatic heterocycles. The van der Waals surface area contributed by atoms with E-state index in [1.807, 2.05) is 16.3 Å². The number of nitrogens with zero attached hydrogens (tertiary/aromatic N) is 4. The molecule has 1 aliphatic rings. The maximum Gasteiger partial charge on any atom is 0.317 e. The third-order valence-corrected chi connectivity index (χ3v) is 4.37. The van der Waals surface area contributed by atoms with Crippen LogP contribution in [-0.2, 0) is 4.79 Å². The molecule has 8 heteroatoms. The topological polar surface area (TPSA) is 89.8 Å². The van der Waals surface area contributed by atoms with Gasteiger partial charge in [-0.2, -0.15) is 0 Å². The van der Waals surface area contributed by atoms with Crippen molar-refractivity contribution in [2.24, 2.45) is 0 Å². The molecule has 1 fully saturated rings. The number of hydrogen-bond donors (Lipinski definition) is 2. The molecule has 0 aromatic carbocycles. The molecule has 2 N–H and O–H groups in total. The summed E-state index contributed by atoms with van der Waals surface area (Å²) in [7, 11) is 0. The number of anilines is 1. The van der Waals surface area contributed by atoms with Gasteiger partial charge in [0.2, 0.25) is 0 Å². The maximum atomic E-state index is 10.8. The van der Waals surface area contributed by atoms with Crippen LogP contribution < -0.4 is 4.90 Å². The molecule has 0 radical (unpaired) electrons. The van der Waals surface area contributed by atoms with Crippen LogP contribution in [0.15, 0.2) is 17.8 Å². The highest BCUT2D eigenvalue weighted by atomic mass is 32.1. The van der Waals surface area contributed by atoms with Gasteiger partial charge < -0.3 is 15.1 Å². The van der Waals surface area contributed by atoms with Crippen molar-refractivity contribution in [2.45, 2.75) is 6.10 Å². The van der Waals surface area contributed by atoms with Crippen molar-refractivity contribution in [3.05, 3.63) is 17.8 Å². The summed E-state index contributed by atoms with van der Waals surface area (Å²) in [5.41, 5.74) is 0.895. The number of aliphatic hydroxyl groups excluding tert-OH is 1. The molecule has 21 heavy (non-hydrogen) atoms. The second-order valence-corrected chi connectivity index (χ2v) is 5.98. The van der Waals surface area contributed by atoms with Crippen LogP contribution in [-0.4, -0.2) is 69.9 Å². The molecule has 2 aromatic rings. The average molecular weight is 308 g/mol. The van der Waals surface area contributed by atoms with Crippen LogP contribution in [0.5, 0.6) is 0 Å². The van der Waals surface area contributed by atoms with Gasteiger partial charge in [-0.25, -0.2) is 9.97 Å². The van der Waals surface area contributed by atoms with E-state index in [1.165, 1.54) is 6.33 Å². The molecule has 0 spiro atoms. The van der Waals surface area contributed by atoms with E-state index in [0.29, 0.717) is 26.2 Å². The standard InChI is InChI=1S/C13H16N4O3S/c18-9-5-16(7-11(19)20)2-3-17(6-9)13-12-10(1-4-21-12)14-8-15-13/h1,4,8-9,18H,2-3,5-7H2,(H,19,20)/t9-/m0/s1. The number of β-amino-alcohol motifs (C(OH)–C–C–N with tert-alkyl or cyclic N) is 1. The number of rotatable bonds is 3. The van der Waals surface area contributed by atoms with Crippen LogP contribution in [0.3, 0.4) is 0 Å². The first-order valence-electron chi connectivity index (χ1n) is 6.69. The summed E-state index contributed by atoms with van der Waals surface area (Å²) in [6.45, 7) is 1.97. The number of carboxylic acids is 1. The summed E-state index contributed by atoms with van der Waals surface area (Å²) in [4.78, 5) is 23.1. The lowest BCUT2D eigenvalue weighted by Crippen LogP contribution is -2.36. The molecule has 1 atom stereocenters. The van der Waals surface area contributed by atoms with Gasteiger partial charge in [0.05, 0.1) is 22.9 Å². The van der Waals surface area contributed by atoms with E-state index in [9.17, 15) is 9.90 Å². The number of carbonyl (C=O) groups is 1. The Bertz CT molecular complexity index is 647. The number of hydrogen-bond acceptors (Lipinski definition) is 7. The molecular formula is C13H16N4O3S. The summed E-state index contributed by atoms with van der Waals surface area (Å²) in [5, 5.41) is 21.0. The quantitative estimate of drug-likeness (QED) is 0.840. The minimum absolute atomic E-state index is 0.0525. The summed E-state index contributed by atoms with van der Waals surface area (Å²) < 4.78 is 0.997. The molecule has 0 amide bonds. The molecule has 112 valence electrons. The zero-order valence-electron chi connectivity index (χ0n) is 11.3. The van der Waals surface area contributed by atoms with Gasteiger partial charge >= 0.3 is 5.97 Å². The van der Waals surface area contributed by atoms with Gasteiger partial charge in [-0.3, -0.25) is 9.69 Å². The molecule has 3 rings (SSSR count). The van der Waals surface area contributed by atoms with Crippen molar-refractivity contribution in [1.29, 1.82) is 0 Å². The minimum Gasteiger partial charge on any atom is -0.480 e. The number of thiophene rings is 1. The van der Waals surface area contributed by atoms with Crippen LogP contribution in [0.2, 0.25) is 0 Å². The van der Waals surface area contributed by atoms with E-state index in [4.69, 9.17) is 5.11 Å². The Balaban J connectivity index is 1.83. The van der Waals surface area contributed by atoms with Crippen molar-refractivity contribution in [2.75, 3.05) is 37.6 Å². The van der Waals surface area contributed by atoms with E-state index >= 15 is 0 Å². The lowest BCUT2D eigenvalue weighted by Gasteiger charge is -2.23. The summed E-state index contributed by atoms with van der Waals surface area (Å²) in [6, 6.07) is 1.94. The van der Waals surface area contributed by atoms with Gasteiger partial charge in [0.1, 0.15) is 12.1 Å². The monoisotopic (exact) mass is 308 g/mol. The Morgan fingerprint density at radius 2 is 2.24 bits per heavy atom. The van der Waals surface area contributed by atoms with Crippen LogP contribution in [0.4, 0.5) is 5.82 Å². The van der Waals surface area contributed by atoms with Gasteiger partial charge in [0.25, 0.3) is 0 Å². The molecule has 0 saturated carbocycles. The van der Waals surface area contributed by atoms with Crippen molar-refractivity contribution < 1.29 is 15.0 Å². The average Bonchev–Trinajstić information content (AvgIpc) is 2.83. The largest absolute Gasteiger partial charge is 0.480 e. The molecule has 0 aliphatic carbocycles. The van der Waals surface area contributed by atoms with Gasteiger partial charge in [0.15, 0.2) is 0 Å². The van der Waals surface area contributed by atoms with Gasteiger partial charge in [-0.15, -0.1) is 11.3 Å². The van der Waals surface area contributed by atoms with E-state index in [-0.39, 0.29) is 6.54 Å². The molecule has 3 heterocycles. The Morgan fingerprint density at radius 3 is 3.05 bits per heavy atom. The van der Waals surface area contributed by atoms with Crippen LogP contribution >= 0.6 is 11.3 Å². The Labute approximate surface area is 125 Å². The third-order valence-electron chi connectivity index (χ3n) is 3.47. The van der Waals surface area contributed by atoms with Crippen molar-refractivity contribution in [3.63, 3.8) is 0 Å². The predicted octanol–water partition coefficient (Wildman–Crippen LogP) is 0.259. The molecule has 7 nitrogen and oxygen atoms in total. The number of aromatic nitrogens is 2. The normalized spacial score (nSPS) is 20.6. The zero-order chi connectivity index (χ0) is 14.8. The minimum atomic E-state index is -0.877. The van der Waals surface area contributed by atoms with E-state index in [1.54, 1.807) is 16.2 Å². The number of carboxylic acid groups (broad SMARTS) is 1. The highest BCUT2D eigenvalue weighted by Crippen LogP contribution is 2.28.